The van der Waals surface area contributed by atoms with Crippen LogP contribution < -0.4 is 5.73 Å². The number of carbonyl (C=O) groups is 1. The molecule has 96 valence electrons. The maximum absolute atomic E-state index is 11.9. The van der Waals surface area contributed by atoms with Crippen molar-refractivity contribution in [1.82, 2.24) is 4.90 Å². The predicted octanol–water partition coefficient (Wildman–Crippen LogP) is 1.17. The quantitative estimate of drug-likeness (QED) is 0.815. The van der Waals surface area contributed by atoms with Gasteiger partial charge >= 0.3 is 0 Å². The van der Waals surface area contributed by atoms with Gasteiger partial charge < -0.3 is 15.4 Å². The van der Waals surface area contributed by atoms with Gasteiger partial charge in [-0.15, -0.1) is 12.4 Å². The van der Waals surface area contributed by atoms with Crippen molar-refractivity contribution >= 4 is 18.3 Å². The predicted molar refractivity (Wildman–Crippen MR) is 66.7 cm³/mol. The second-order valence-electron chi connectivity index (χ2n) is 4.30. The largest absolute Gasteiger partial charge is 0.383 e. The second-order valence-corrected chi connectivity index (χ2v) is 4.30. The van der Waals surface area contributed by atoms with Crippen molar-refractivity contribution in [3.63, 3.8) is 0 Å². The lowest BCUT2D eigenvalue weighted by atomic mass is 9.94. The normalized spacial score (nSPS) is 18.7. The highest BCUT2D eigenvalue weighted by atomic mass is 35.5. The van der Waals surface area contributed by atoms with E-state index in [0.29, 0.717) is 12.6 Å². The molecule has 4 nitrogen and oxygen atoms in total. The molecule has 0 bridgehead atoms. The van der Waals surface area contributed by atoms with Crippen LogP contribution in [0.25, 0.3) is 0 Å². The second kappa shape index (κ2) is 7.87. The number of amides is 1. The number of nitrogens with zero attached hydrogens (tertiary/aromatic N) is 1. The van der Waals surface area contributed by atoms with Crippen molar-refractivity contribution < 1.29 is 9.53 Å². The number of methoxy groups -OCH3 is 1. The summed E-state index contributed by atoms with van der Waals surface area (Å²) in [5.74, 6) is 0.00347. The van der Waals surface area contributed by atoms with Gasteiger partial charge in [-0.05, 0) is 12.8 Å². The molecule has 1 aliphatic rings. The summed E-state index contributed by atoms with van der Waals surface area (Å²) in [6, 6.07) is -0.129. The van der Waals surface area contributed by atoms with E-state index in [0.717, 1.165) is 12.8 Å². The Morgan fingerprint density at radius 3 is 2.50 bits per heavy atom. The summed E-state index contributed by atoms with van der Waals surface area (Å²) in [4.78, 5) is 13.7. The molecule has 1 unspecified atom stereocenters. The van der Waals surface area contributed by atoms with Crippen LogP contribution in [0.15, 0.2) is 0 Å². The van der Waals surface area contributed by atoms with E-state index in [2.05, 4.69) is 0 Å². The Labute approximate surface area is 104 Å². The first kappa shape index (κ1) is 15.7. The Morgan fingerprint density at radius 1 is 1.44 bits per heavy atom. The van der Waals surface area contributed by atoms with Crippen molar-refractivity contribution in [3.05, 3.63) is 0 Å². The van der Waals surface area contributed by atoms with E-state index < -0.39 is 6.04 Å². The number of carbonyl (C=O) groups excluding carboxylic acids is 1. The van der Waals surface area contributed by atoms with Crippen LogP contribution in [-0.4, -0.2) is 43.7 Å². The molecule has 2 N–H and O–H groups in total. The monoisotopic (exact) mass is 250 g/mol. The van der Waals surface area contributed by atoms with Gasteiger partial charge in [-0.25, -0.2) is 0 Å². The first-order valence-corrected chi connectivity index (χ1v) is 5.68. The summed E-state index contributed by atoms with van der Waals surface area (Å²) >= 11 is 0. The molecule has 16 heavy (non-hydrogen) atoms. The maximum Gasteiger partial charge on any atom is 0.241 e. The van der Waals surface area contributed by atoms with Gasteiger partial charge in [0.2, 0.25) is 5.91 Å². The molecule has 1 rings (SSSR count). The van der Waals surface area contributed by atoms with Gasteiger partial charge in [0, 0.05) is 20.2 Å². The van der Waals surface area contributed by atoms with Gasteiger partial charge in [0.15, 0.2) is 0 Å². The lowest BCUT2D eigenvalue weighted by Gasteiger charge is -2.32. The number of likely N-dealkylation sites (N-methyl/N-ethyl adjacent to an activating group) is 1. The lowest BCUT2D eigenvalue weighted by molar-refractivity contribution is -0.135. The van der Waals surface area contributed by atoms with Gasteiger partial charge in [-0.2, -0.15) is 0 Å². The molecule has 5 heteroatoms. The van der Waals surface area contributed by atoms with Crippen molar-refractivity contribution in [1.29, 1.82) is 0 Å². The van der Waals surface area contributed by atoms with Crippen molar-refractivity contribution in [2.45, 2.75) is 44.2 Å². The van der Waals surface area contributed by atoms with Crippen LogP contribution in [0.3, 0.4) is 0 Å². The van der Waals surface area contributed by atoms with E-state index >= 15 is 0 Å². The molecule has 1 aliphatic carbocycles. The average Bonchev–Trinajstić information content (AvgIpc) is 2.28. The van der Waals surface area contributed by atoms with Crippen molar-refractivity contribution in [2.75, 3.05) is 20.8 Å². The van der Waals surface area contributed by atoms with Gasteiger partial charge in [-0.1, -0.05) is 19.3 Å². The van der Waals surface area contributed by atoms with Crippen LogP contribution in [0, 0.1) is 0 Å². The zero-order chi connectivity index (χ0) is 11.3. The van der Waals surface area contributed by atoms with Crippen molar-refractivity contribution in [3.8, 4) is 0 Å². The zero-order valence-electron chi connectivity index (χ0n) is 10.1. The van der Waals surface area contributed by atoms with E-state index in [1.807, 2.05) is 11.9 Å². The molecule has 0 aromatic rings. The van der Waals surface area contributed by atoms with Gasteiger partial charge in [-0.3, -0.25) is 4.79 Å². The van der Waals surface area contributed by atoms with E-state index in [9.17, 15) is 4.79 Å². The Hall–Kier alpha value is -0.320. The number of nitrogens with two attached hydrogens (primary N) is 1. The Balaban J connectivity index is 0.00000225. The third-order valence-electron chi connectivity index (χ3n) is 3.13. The molecule has 0 spiro atoms. The average molecular weight is 251 g/mol. The Kier molecular flexibility index (Phi) is 7.72. The van der Waals surface area contributed by atoms with Crippen LogP contribution in [0.4, 0.5) is 0 Å². The summed E-state index contributed by atoms with van der Waals surface area (Å²) in [7, 11) is 3.42. The molecule has 1 atom stereocenters. The van der Waals surface area contributed by atoms with Crippen LogP contribution in [-0.2, 0) is 9.53 Å². The lowest BCUT2D eigenvalue weighted by Crippen LogP contribution is -2.48. The van der Waals surface area contributed by atoms with Crippen LogP contribution in [0.2, 0.25) is 0 Å². The number of hydrogen-bond donors (Lipinski definition) is 1. The molecule has 0 radical (unpaired) electrons. The van der Waals surface area contributed by atoms with E-state index in [1.165, 1.54) is 19.3 Å². The van der Waals surface area contributed by atoms with Gasteiger partial charge in [0.05, 0.1) is 6.61 Å². The third-order valence-corrected chi connectivity index (χ3v) is 3.13. The fourth-order valence-corrected chi connectivity index (χ4v) is 2.16. The number of halogens is 1. The minimum absolute atomic E-state index is 0. The smallest absolute Gasteiger partial charge is 0.241 e. The van der Waals surface area contributed by atoms with Gasteiger partial charge in [0.25, 0.3) is 0 Å². The van der Waals surface area contributed by atoms with E-state index in [4.69, 9.17) is 10.5 Å². The molecule has 0 aromatic carbocycles. The summed E-state index contributed by atoms with van der Waals surface area (Å²) in [5.41, 5.74) is 5.72. The first-order chi connectivity index (χ1) is 7.16. The van der Waals surface area contributed by atoms with Crippen LogP contribution in [0.5, 0.6) is 0 Å². The summed E-state index contributed by atoms with van der Waals surface area (Å²) in [5, 5.41) is 0. The zero-order valence-corrected chi connectivity index (χ0v) is 11.0. The molecule has 1 saturated carbocycles. The van der Waals surface area contributed by atoms with E-state index in [-0.39, 0.29) is 18.3 Å². The van der Waals surface area contributed by atoms with E-state index in [1.54, 1.807) is 7.11 Å². The Bertz CT molecular complexity index is 208. The first-order valence-electron chi connectivity index (χ1n) is 5.68. The SMILES string of the molecule is COCC(N)C(=O)N(C)C1CCCCC1.Cl. The molecule has 1 amide bonds. The molecule has 1 fully saturated rings. The summed E-state index contributed by atoms with van der Waals surface area (Å²) in [6.45, 7) is 0.301. The molecule has 0 heterocycles. The minimum atomic E-state index is -0.512. The fourth-order valence-electron chi connectivity index (χ4n) is 2.16. The summed E-state index contributed by atoms with van der Waals surface area (Å²) in [6.07, 6.45) is 5.97. The molecular formula is C11H23ClN2O2. The molecule has 0 saturated heterocycles. The highest BCUT2D eigenvalue weighted by Crippen LogP contribution is 2.21. The highest BCUT2D eigenvalue weighted by Gasteiger charge is 2.25. The topological polar surface area (TPSA) is 55.6 Å². The molecular weight excluding hydrogens is 228 g/mol. The minimum Gasteiger partial charge on any atom is -0.383 e. The Morgan fingerprint density at radius 2 is 2.00 bits per heavy atom. The summed E-state index contributed by atoms with van der Waals surface area (Å²) < 4.78 is 4.89. The molecule has 0 aliphatic heterocycles. The number of hydrogen-bond acceptors (Lipinski definition) is 3. The van der Waals surface area contributed by atoms with Crippen LogP contribution >= 0.6 is 12.4 Å². The number of rotatable bonds is 4. The van der Waals surface area contributed by atoms with Crippen molar-refractivity contribution in [2.24, 2.45) is 5.73 Å². The van der Waals surface area contributed by atoms with Crippen LogP contribution in [0.1, 0.15) is 32.1 Å². The van der Waals surface area contributed by atoms with Gasteiger partial charge in [0.1, 0.15) is 6.04 Å². The highest BCUT2D eigenvalue weighted by molar-refractivity contribution is 5.85. The standard InChI is InChI=1S/C11H22N2O2.ClH/c1-13(9-6-4-3-5-7-9)11(14)10(12)8-15-2;/h9-10H,3-8,12H2,1-2H3;1H. The molecule has 0 aromatic heterocycles. The third kappa shape index (κ3) is 4.28. The maximum atomic E-state index is 11.9. The number of ether oxygens (including phenoxy) is 1. The fraction of sp³-hybridized carbons (Fsp3) is 0.909.